The van der Waals surface area contributed by atoms with Crippen LogP contribution in [0.3, 0.4) is 0 Å². The van der Waals surface area contributed by atoms with E-state index in [1.165, 1.54) is 12.1 Å². The smallest absolute Gasteiger partial charge is 0.351 e. The number of likely N-dealkylation sites (N-methyl/N-ethyl adjacent to an activating group) is 1. The molecule has 30 heavy (non-hydrogen) atoms. The van der Waals surface area contributed by atoms with E-state index in [0.29, 0.717) is 40.9 Å². The first-order chi connectivity index (χ1) is 14.1. The molecule has 2 heterocycles. The second-order valence-corrected chi connectivity index (χ2v) is 9.22. The highest BCUT2D eigenvalue weighted by Crippen LogP contribution is 2.34. The number of fused-ring (bicyclic) bond motifs is 1. The van der Waals surface area contributed by atoms with Crippen molar-refractivity contribution in [2.45, 2.75) is 42.1 Å². The van der Waals surface area contributed by atoms with Crippen LogP contribution in [0, 0.1) is 6.92 Å². The summed E-state index contributed by atoms with van der Waals surface area (Å²) in [4.78, 5) is 22.7. The molecule has 2 aliphatic rings. The molecule has 0 bridgehead atoms. The molecule has 2 N–H and O–H groups in total. The van der Waals surface area contributed by atoms with Gasteiger partial charge in [-0.3, -0.25) is 9.00 Å². The number of rotatable bonds is 4. The van der Waals surface area contributed by atoms with Crippen molar-refractivity contribution in [3.8, 4) is 0 Å². The number of amides is 1. The van der Waals surface area contributed by atoms with Crippen molar-refractivity contribution in [1.82, 2.24) is 9.97 Å². The zero-order valence-electron chi connectivity index (χ0n) is 16.3. The Hall–Kier alpha value is -2.69. The van der Waals surface area contributed by atoms with Crippen LogP contribution in [-0.2, 0) is 21.8 Å². The summed E-state index contributed by atoms with van der Waals surface area (Å²) in [6.07, 6.45) is -3.21. The molecule has 0 saturated heterocycles. The van der Waals surface area contributed by atoms with Gasteiger partial charge >= 0.3 is 6.18 Å². The number of benzene rings is 1. The molecule has 4 rings (SSSR count). The van der Waals surface area contributed by atoms with E-state index in [1.807, 2.05) is 0 Å². The Bertz CT molecular complexity index is 1010. The lowest BCUT2D eigenvalue weighted by Gasteiger charge is -2.35. The molecule has 2 aromatic rings. The SMILES string of the molecule is Cc1nc(NC2CC([S@](=O)c3ccc(C(F)(F)F)cc3)C2)nc2c1NC(=O)CN2C. The summed E-state index contributed by atoms with van der Waals surface area (Å²) in [6, 6.07) is 4.50. The van der Waals surface area contributed by atoms with Crippen molar-refractivity contribution in [2.24, 2.45) is 0 Å². The molecule has 11 heteroatoms. The molecule has 0 spiro atoms. The van der Waals surface area contributed by atoms with Gasteiger partial charge in [-0.2, -0.15) is 18.2 Å². The van der Waals surface area contributed by atoms with E-state index in [9.17, 15) is 22.2 Å². The minimum Gasteiger partial charge on any atom is -0.351 e. The third-order valence-corrected chi connectivity index (χ3v) is 6.95. The van der Waals surface area contributed by atoms with Gasteiger partial charge in [-0.25, -0.2) is 4.98 Å². The average Bonchev–Trinajstić information content (AvgIpc) is 2.64. The molecule has 160 valence electrons. The number of hydrogen-bond donors (Lipinski definition) is 2. The maximum absolute atomic E-state index is 12.7. The number of halogens is 3. The number of aryl methyl sites for hydroxylation is 1. The van der Waals surface area contributed by atoms with Gasteiger partial charge in [-0.1, -0.05) is 0 Å². The number of nitrogens with zero attached hydrogens (tertiary/aromatic N) is 3. The first kappa shape index (κ1) is 20.6. The van der Waals surface area contributed by atoms with E-state index >= 15 is 0 Å². The molecule has 7 nitrogen and oxygen atoms in total. The minimum absolute atomic E-state index is 0.0225. The highest BCUT2D eigenvalue weighted by molar-refractivity contribution is 7.85. The Morgan fingerprint density at radius 2 is 1.87 bits per heavy atom. The quantitative estimate of drug-likeness (QED) is 0.762. The zero-order chi connectivity index (χ0) is 21.6. The molecule has 1 atom stereocenters. The lowest BCUT2D eigenvalue weighted by atomic mass is 9.92. The van der Waals surface area contributed by atoms with Crippen molar-refractivity contribution >= 4 is 34.2 Å². The average molecular weight is 439 g/mol. The van der Waals surface area contributed by atoms with Crippen LogP contribution in [0.4, 0.5) is 30.6 Å². The molecular weight excluding hydrogens is 419 g/mol. The minimum atomic E-state index is -4.41. The van der Waals surface area contributed by atoms with Crippen LogP contribution >= 0.6 is 0 Å². The third kappa shape index (κ3) is 3.98. The summed E-state index contributed by atoms with van der Waals surface area (Å²) in [6.45, 7) is 1.99. The van der Waals surface area contributed by atoms with Crippen LogP contribution in [0.15, 0.2) is 29.2 Å². The number of carbonyl (C=O) groups excluding carboxylic acids is 1. The van der Waals surface area contributed by atoms with E-state index in [-0.39, 0.29) is 23.7 Å². The second-order valence-electron chi connectivity index (χ2n) is 7.49. The van der Waals surface area contributed by atoms with E-state index in [2.05, 4.69) is 20.6 Å². The molecule has 1 aliphatic heterocycles. The third-order valence-electron chi connectivity index (χ3n) is 5.22. The summed E-state index contributed by atoms with van der Waals surface area (Å²) >= 11 is 0. The van der Waals surface area contributed by atoms with Gasteiger partial charge < -0.3 is 15.5 Å². The van der Waals surface area contributed by atoms with Gasteiger partial charge in [0.1, 0.15) is 5.69 Å². The van der Waals surface area contributed by atoms with Crippen molar-refractivity contribution in [1.29, 1.82) is 0 Å². The fourth-order valence-corrected chi connectivity index (χ4v) is 5.13. The lowest BCUT2D eigenvalue weighted by Crippen LogP contribution is -2.42. The first-order valence-electron chi connectivity index (χ1n) is 9.36. The summed E-state index contributed by atoms with van der Waals surface area (Å²) in [5.41, 5.74) is 0.485. The highest BCUT2D eigenvalue weighted by atomic mass is 32.2. The normalized spacial score (nSPS) is 22.0. The van der Waals surface area contributed by atoms with Crippen LogP contribution in [0.25, 0.3) is 0 Å². The molecule has 0 radical (unpaired) electrons. The topological polar surface area (TPSA) is 87.2 Å². The zero-order valence-corrected chi connectivity index (χ0v) is 17.1. The number of carbonyl (C=O) groups is 1. The largest absolute Gasteiger partial charge is 0.416 e. The maximum Gasteiger partial charge on any atom is 0.416 e. The molecule has 1 aliphatic carbocycles. The van der Waals surface area contributed by atoms with Crippen LogP contribution in [-0.4, -0.2) is 45.0 Å². The van der Waals surface area contributed by atoms with Crippen molar-refractivity contribution in [3.05, 3.63) is 35.5 Å². The maximum atomic E-state index is 12.7. The number of hydrogen-bond acceptors (Lipinski definition) is 6. The van der Waals surface area contributed by atoms with Crippen molar-refractivity contribution in [3.63, 3.8) is 0 Å². The van der Waals surface area contributed by atoms with Gasteiger partial charge in [0.2, 0.25) is 11.9 Å². The van der Waals surface area contributed by atoms with Crippen molar-refractivity contribution in [2.75, 3.05) is 29.1 Å². The number of aromatic nitrogens is 2. The van der Waals surface area contributed by atoms with E-state index in [4.69, 9.17) is 0 Å². The van der Waals surface area contributed by atoms with Gasteiger partial charge in [0.05, 0.1) is 28.6 Å². The first-order valence-corrected chi connectivity index (χ1v) is 10.6. The van der Waals surface area contributed by atoms with E-state index in [0.717, 1.165) is 12.1 Å². The molecular formula is C19H20F3N5O2S. The fraction of sp³-hybridized carbons (Fsp3) is 0.421. The van der Waals surface area contributed by atoms with Gasteiger partial charge in [0.15, 0.2) is 5.82 Å². The Kier molecular flexibility index (Phi) is 5.16. The second kappa shape index (κ2) is 7.53. The Morgan fingerprint density at radius 1 is 1.20 bits per heavy atom. The Labute approximate surface area is 173 Å². The van der Waals surface area contributed by atoms with Crippen LogP contribution in [0.1, 0.15) is 24.1 Å². The number of anilines is 3. The van der Waals surface area contributed by atoms with Gasteiger partial charge in [0, 0.05) is 23.2 Å². The predicted molar refractivity (Wildman–Crippen MR) is 107 cm³/mol. The van der Waals surface area contributed by atoms with E-state index in [1.54, 1.807) is 18.9 Å². The predicted octanol–water partition coefficient (Wildman–Crippen LogP) is 2.94. The molecule has 1 fully saturated rings. The molecule has 1 amide bonds. The summed E-state index contributed by atoms with van der Waals surface area (Å²) in [7, 11) is 0.403. The Balaban J connectivity index is 1.38. The van der Waals surface area contributed by atoms with Gasteiger partial charge in [-0.05, 0) is 44.0 Å². The number of alkyl halides is 3. The Morgan fingerprint density at radius 3 is 2.50 bits per heavy atom. The van der Waals surface area contributed by atoms with Gasteiger partial charge in [0.25, 0.3) is 0 Å². The monoisotopic (exact) mass is 439 g/mol. The summed E-state index contributed by atoms with van der Waals surface area (Å²) < 4.78 is 50.6. The van der Waals surface area contributed by atoms with Gasteiger partial charge in [-0.15, -0.1) is 0 Å². The summed E-state index contributed by atoms with van der Waals surface area (Å²) in [5, 5.41) is 5.86. The van der Waals surface area contributed by atoms with Crippen LogP contribution in [0.5, 0.6) is 0 Å². The molecule has 1 aromatic carbocycles. The molecule has 1 saturated carbocycles. The molecule has 0 unspecified atom stereocenters. The highest BCUT2D eigenvalue weighted by Gasteiger charge is 2.36. The van der Waals surface area contributed by atoms with E-state index < -0.39 is 22.5 Å². The van der Waals surface area contributed by atoms with Crippen LogP contribution < -0.4 is 15.5 Å². The van der Waals surface area contributed by atoms with Crippen molar-refractivity contribution < 1.29 is 22.2 Å². The number of nitrogens with one attached hydrogen (secondary N) is 2. The molecule has 1 aromatic heterocycles. The lowest BCUT2D eigenvalue weighted by molar-refractivity contribution is -0.137. The summed E-state index contributed by atoms with van der Waals surface area (Å²) in [5.74, 6) is 0.941. The van der Waals surface area contributed by atoms with Crippen LogP contribution in [0.2, 0.25) is 0 Å². The fourth-order valence-electron chi connectivity index (χ4n) is 3.53. The standard InChI is InChI=1S/C19H20F3N5O2S/c1-10-16-17(27(2)9-15(28)25-16)26-18(23-10)24-12-7-14(8-12)30(29)13-5-3-11(4-6-13)19(20,21)22/h3-6,12,14H,7-9H2,1-2H3,(H,25,28)(H,23,24,26)/t12?,14?,30-/m1/s1.